The lowest BCUT2D eigenvalue weighted by Gasteiger charge is -2.03. The predicted molar refractivity (Wildman–Crippen MR) is 103 cm³/mol. The fourth-order valence-electron chi connectivity index (χ4n) is 2.42. The minimum atomic E-state index is -0.457. The van der Waals surface area contributed by atoms with E-state index in [9.17, 15) is 14.9 Å². The second-order valence-electron chi connectivity index (χ2n) is 5.85. The fourth-order valence-corrected chi connectivity index (χ4v) is 2.42. The molecule has 8 nitrogen and oxygen atoms in total. The number of para-hydroxylation sites is 1. The molecule has 1 aromatic heterocycles. The Morgan fingerprint density at radius 3 is 2.75 bits per heavy atom. The number of non-ortho nitro benzene ring substituents is 1. The van der Waals surface area contributed by atoms with Gasteiger partial charge in [-0.1, -0.05) is 24.3 Å². The minimum absolute atomic E-state index is 0.0158. The van der Waals surface area contributed by atoms with E-state index >= 15 is 0 Å². The molecule has 0 aliphatic rings. The molecular weight excluding hydrogens is 362 g/mol. The first-order valence-corrected chi connectivity index (χ1v) is 8.38. The van der Waals surface area contributed by atoms with Crippen molar-refractivity contribution in [3.8, 4) is 17.1 Å². The molecule has 0 aliphatic carbocycles. The third-order valence-corrected chi connectivity index (χ3v) is 3.82. The number of hydrogen-bond donors (Lipinski definition) is 1. The van der Waals surface area contributed by atoms with Crippen LogP contribution in [-0.2, 0) is 4.79 Å². The van der Waals surface area contributed by atoms with Gasteiger partial charge in [0.05, 0.1) is 11.1 Å². The number of amides is 1. The zero-order chi connectivity index (χ0) is 19.9. The number of rotatable bonds is 7. The number of nitrogens with zero attached hydrogens (tertiary/aromatic N) is 2. The molecule has 8 heteroatoms. The van der Waals surface area contributed by atoms with Crippen molar-refractivity contribution in [2.45, 2.75) is 6.92 Å². The van der Waals surface area contributed by atoms with Gasteiger partial charge in [0.1, 0.15) is 17.3 Å². The van der Waals surface area contributed by atoms with Gasteiger partial charge < -0.3 is 9.15 Å². The van der Waals surface area contributed by atoms with Gasteiger partial charge >= 0.3 is 0 Å². The fraction of sp³-hybridized carbons (Fsp3) is 0.100. The monoisotopic (exact) mass is 379 g/mol. The van der Waals surface area contributed by atoms with Crippen LogP contribution in [-0.4, -0.2) is 23.7 Å². The van der Waals surface area contributed by atoms with E-state index in [1.165, 1.54) is 18.3 Å². The highest BCUT2D eigenvalue weighted by Crippen LogP contribution is 2.28. The Kier molecular flexibility index (Phi) is 5.81. The van der Waals surface area contributed by atoms with E-state index in [1.807, 2.05) is 25.1 Å². The molecule has 0 aliphatic heterocycles. The van der Waals surface area contributed by atoms with Crippen LogP contribution in [0.25, 0.3) is 11.3 Å². The summed E-state index contributed by atoms with van der Waals surface area (Å²) in [5, 5.41) is 14.8. The molecule has 1 heterocycles. The van der Waals surface area contributed by atoms with Gasteiger partial charge in [0.25, 0.3) is 11.6 Å². The number of carbonyl (C=O) groups excluding carboxylic acids is 1. The van der Waals surface area contributed by atoms with Gasteiger partial charge in [-0.05, 0) is 36.8 Å². The van der Waals surface area contributed by atoms with Crippen molar-refractivity contribution in [3.05, 3.63) is 82.1 Å². The summed E-state index contributed by atoms with van der Waals surface area (Å²) in [4.78, 5) is 22.2. The van der Waals surface area contributed by atoms with E-state index in [4.69, 9.17) is 9.15 Å². The van der Waals surface area contributed by atoms with Crippen molar-refractivity contribution < 1.29 is 18.9 Å². The van der Waals surface area contributed by atoms with Crippen LogP contribution in [0.5, 0.6) is 5.75 Å². The molecular formula is C20H17N3O5. The molecule has 1 amide bonds. The Morgan fingerprint density at radius 2 is 2.00 bits per heavy atom. The van der Waals surface area contributed by atoms with Gasteiger partial charge in [-0.2, -0.15) is 5.10 Å². The van der Waals surface area contributed by atoms with Crippen molar-refractivity contribution in [1.82, 2.24) is 5.43 Å². The maximum absolute atomic E-state index is 11.7. The summed E-state index contributed by atoms with van der Waals surface area (Å²) in [6.07, 6.45) is 1.34. The van der Waals surface area contributed by atoms with E-state index in [-0.39, 0.29) is 12.3 Å². The van der Waals surface area contributed by atoms with Crippen LogP contribution in [0.15, 0.2) is 70.2 Å². The van der Waals surface area contributed by atoms with Gasteiger partial charge in [0, 0.05) is 17.7 Å². The van der Waals surface area contributed by atoms with E-state index in [2.05, 4.69) is 10.5 Å². The van der Waals surface area contributed by atoms with Crippen molar-refractivity contribution in [2.24, 2.45) is 5.10 Å². The lowest BCUT2D eigenvalue weighted by molar-refractivity contribution is -0.384. The zero-order valence-corrected chi connectivity index (χ0v) is 15.0. The number of nitrogens with one attached hydrogen (secondary N) is 1. The molecule has 28 heavy (non-hydrogen) atoms. The summed E-state index contributed by atoms with van der Waals surface area (Å²) in [7, 11) is 0. The second-order valence-corrected chi connectivity index (χ2v) is 5.85. The van der Waals surface area contributed by atoms with Gasteiger partial charge in [0.15, 0.2) is 6.61 Å². The third kappa shape index (κ3) is 4.82. The number of hydrazone groups is 1. The van der Waals surface area contributed by atoms with Gasteiger partial charge in [-0.15, -0.1) is 0 Å². The van der Waals surface area contributed by atoms with Crippen LogP contribution in [0.4, 0.5) is 5.69 Å². The molecule has 0 fully saturated rings. The maximum Gasteiger partial charge on any atom is 0.277 e. The molecule has 0 saturated carbocycles. The summed E-state index contributed by atoms with van der Waals surface area (Å²) in [6.45, 7) is 1.67. The molecule has 0 unspecified atom stereocenters. The number of carbonyl (C=O) groups is 1. The molecule has 0 spiro atoms. The number of ether oxygens (including phenoxy) is 1. The maximum atomic E-state index is 11.7. The van der Waals surface area contributed by atoms with Crippen LogP contribution in [0, 0.1) is 17.0 Å². The first kappa shape index (κ1) is 18.8. The van der Waals surface area contributed by atoms with Crippen LogP contribution in [0.2, 0.25) is 0 Å². The van der Waals surface area contributed by atoms with Crippen LogP contribution >= 0.6 is 0 Å². The third-order valence-electron chi connectivity index (χ3n) is 3.82. The Morgan fingerprint density at radius 1 is 1.21 bits per heavy atom. The lowest BCUT2D eigenvalue weighted by Crippen LogP contribution is -2.24. The summed E-state index contributed by atoms with van der Waals surface area (Å²) < 4.78 is 11.0. The largest absolute Gasteiger partial charge is 0.484 e. The number of hydrogen-bond acceptors (Lipinski definition) is 6. The normalized spacial score (nSPS) is 10.8. The number of benzene rings is 2. The molecule has 0 atom stereocenters. The van der Waals surface area contributed by atoms with E-state index in [0.29, 0.717) is 22.8 Å². The van der Waals surface area contributed by atoms with Gasteiger partial charge in [-0.3, -0.25) is 14.9 Å². The van der Waals surface area contributed by atoms with E-state index in [0.717, 1.165) is 5.56 Å². The second kappa shape index (κ2) is 8.63. The molecule has 3 aromatic rings. The van der Waals surface area contributed by atoms with Crippen LogP contribution in [0.3, 0.4) is 0 Å². The zero-order valence-electron chi connectivity index (χ0n) is 15.0. The van der Waals surface area contributed by atoms with Crippen molar-refractivity contribution >= 4 is 17.8 Å². The van der Waals surface area contributed by atoms with E-state index < -0.39 is 10.8 Å². The van der Waals surface area contributed by atoms with E-state index in [1.54, 1.807) is 30.3 Å². The smallest absolute Gasteiger partial charge is 0.277 e. The molecule has 0 bridgehead atoms. The average molecular weight is 379 g/mol. The van der Waals surface area contributed by atoms with Gasteiger partial charge in [0.2, 0.25) is 0 Å². The predicted octanol–water partition coefficient (Wildman–Crippen LogP) is 3.69. The number of nitro groups is 1. The van der Waals surface area contributed by atoms with Crippen LogP contribution < -0.4 is 10.2 Å². The first-order chi connectivity index (χ1) is 13.5. The summed E-state index contributed by atoms with van der Waals surface area (Å²) in [5.41, 5.74) is 3.79. The highest BCUT2D eigenvalue weighted by Gasteiger charge is 2.13. The first-order valence-electron chi connectivity index (χ1n) is 8.38. The molecule has 0 radical (unpaired) electrons. The lowest BCUT2D eigenvalue weighted by atomic mass is 10.1. The summed E-state index contributed by atoms with van der Waals surface area (Å²) >= 11 is 0. The highest BCUT2D eigenvalue weighted by atomic mass is 16.6. The molecule has 3 rings (SSSR count). The molecule has 2 aromatic carbocycles. The van der Waals surface area contributed by atoms with Crippen molar-refractivity contribution in [2.75, 3.05) is 6.61 Å². The van der Waals surface area contributed by atoms with Crippen molar-refractivity contribution in [3.63, 3.8) is 0 Å². The molecule has 0 saturated heterocycles. The average Bonchev–Trinajstić information content (AvgIpc) is 3.16. The topological polar surface area (TPSA) is 107 Å². The Hall–Kier alpha value is -3.94. The van der Waals surface area contributed by atoms with Crippen LogP contribution in [0.1, 0.15) is 11.3 Å². The Labute approximate surface area is 160 Å². The molecule has 142 valence electrons. The Balaban J connectivity index is 1.59. The minimum Gasteiger partial charge on any atom is -0.484 e. The molecule has 1 N–H and O–H groups in total. The van der Waals surface area contributed by atoms with Crippen molar-refractivity contribution in [1.29, 1.82) is 0 Å². The highest BCUT2D eigenvalue weighted by molar-refractivity contribution is 5.82. The summed E-state index contributed by atoms with van der Waals surface area (Å²) in [5.74, 6) is 1.04. The quantitative estimate of drug-likeness (QED) is 0.383. The number of aryl methyl sites for hydroxylation is 1. The summed E-state index contributed by atoms with van der Waals surface area (Å²) in [6, 6.07) is 16.9. The number of nitro benzene ring substituents is 1. The standard InChI is InChI=1S/C20H17N3O5/c1-14-7-8-15(23(25)26)11-18(14)19-10-9-17(28-19)12-21-22-20(24)13-27-16-5-3-2-4-6-16/h2-12H,13H2,1H3,(H,22,24)/b21-12-. The SMILES string of the molecule is Cc1ccc([N+](=O)[O-])cc1-c1ccc(/C=N\NC(=O)COc2ccccc2)o1. The Bertz CT molecular complexity index is 1010. The van der Waals surface area contributed by atoms with Gasteiger partial charge in [-0.25, -0.2) is 5.43 Å². The number of furan rings is 1.